The fourth-order valence-corrected chi connectivity index (χ4v) is 9.03. The Balaban J connectivity index is 1.25. The van der Waals surface area contributed by atoms with Gasteiger partial charge in [-0.3, -0.25) is 0 Å². The molecule has 0 amide bonds. The quantitative estimate of drug-likeness (QED) is 0.179. The molecule has 1 atom stereocenters. The van der Waals surface area contributed by atoms with Crippen molar-refractivity contribution in [2.24, 2.45) is 0 Å². The third kappa shape index (κ3) is 4.11. The first-order valence-corrected chi connectivity index (χ1v) is 17.6. The molecule has 3 aliphatic rings. The summed E-state index contributed by atoms with van der Waals surface area (Å²) in [4.78, 5) is 15.1. The molecule has 51 heavy (non-hydrogen) atoms. The molecule has 0 N–H and O–H groups in total. The lowest BCUT2D eigenvalue weighted by molar-refractivity contribution is 0.762. The fourth-order valence-electron chi connectivity index (χ4n) is 9.03. The summed E-state index contributed by atoms with van der Waals surface area (Å²) in [5.74, 6) is 1.96. The van der Waals surface area contributed by atoms with Crippen molar-refractivity contribution in [1.82, 2.24) is 15.0 Å². The molecule has 1 spiro atoms. The average Bonchev–Trinajstić information content (AvgIpc) is 3.69. The Labute approximate surface area is 298 Å². The largest absolute Gasteiger partial charge is 0.243 e. The van der Waals surface area contributed by atoms with Crippen LogP contribution in [0.5, 0.6) is 0 Å². The van der Waals surface area contributed by atoms with Crippen molar-refractivity contribution in [1.29, 1.82) is 0 Å². The highest BCUT2D eigenvalue weighted by Crippen LogP contribution is 2.60. The molecular weight excluding hydrogens is 617 g/mol. The van der Waals surface area contributed by atoms with Crippen LogP contribution in [0.3, 0.4) is 0 Å². The van der Waals surface area contributed by atoms with Crippen LogP contribution in [0.15, 0.2) is 181 Å². The first-order chi connectivity index (χ1) is 25.2. The third-order valence-corrected chi connectivity index (χ3v) is 11.0. The van der Waals surface area contributed by atoms with Gasteiger partial charge in [-0.05, 0) is 57.5 Å². The Hall–Kier alpha value is -6.39. The van der Waals surface area contributed by atoms with Crippen molar-refractivity contribution < 1.29 is 0 Å². The predicted molar refractivity (Wildman–Crippen MR) is 210 cm³/mol. The lowest BCUT2D eigenvalue weighted by Crippen LogP contribution is -2.53. The Morgan fingerprint density at radius 1 is 0.529 bits per heavy atom. The molecule has 0 bridgehead atoms. The number of hydrogen-bond donors (Lipinski definition) is 0. The number of nitrogens with zero attached hydrogens (tertiary/aromatic N) is 3. The molecule has 6 aromatic carbocycles. The van der Waals surface area contributed by atoms with Gasteiger partial charge in [-0.1, -0.05) is 181 Å². The predicted octanol–water partition coefficient (Wildman–Crippen LogP) is 9.39. The van der Waals surface area contributed by atoms with Crippen LogP contribution in [-0.4, -0.2) is 21.7 Å². The molecule has 238 valence electrons. The van der Waals surface area contributed by atoms with Gasteiger partial charge in [-0.25, -0.2) is 15.0 Å². The molecule has 1 aromatic heterocycles. The number of aromatic nitrogens is 3. The molecule has 10 rings (SSSR count). The summed E-state index contributed by atoms with van der Waals surface area (Å²) in [6.07, 6.45) is 6.56. The lowest BCUT2D eigenvalue weighted by Gasteiger charge is -2.44. The van der Waals surface area contributed by atoms with Crippen molar-refractivity contribution in [3.8, 4) is 56.4 Å². The summed E-state index contributed by atoms with van der Waals surface area (Å²) in [6, 6.07) is 51.9. The van der Waals surface area contributed by atoms with Crippen molar-refractivity contribution in [3.63, 3.8) is 0 Å². The average molecular weight is 650 g/mol. The van der Waals surface area contributed by atoms with Gasteiger partial charge < -0.3 is 0 Å². The molecule has 3 heterocycles. The van der Waals surface area contributed by atoms with Crippen LogP contribution in [0.2, 0.25) is 0 Å². The van der Waals surface area contributed by atoms with Crippen molar-refractivity contribution in [2.75, 3.05) is 0 Å². The van der Waals surface area contributed by atoms with Crippen LogP contribution in [0, 0.1) is 0 Å². The van der Waals surface area contributed by atoms with Crippen LogP contribution >= 0.6 is 0 Å². The molecule has 0 saturated heterocycles. The highest BCUT2D eigenvalue weighted by atomic mass is 15.0. The Bertz CT molecular complexity index is 2560. The molecule has 0 radical (unpaired) electrons. The highest BCUT2D eigenvalue weighted by molar-refractivity contribution is 6.96. The minimum absolute atomic E-state index is 0.169. The monoisotopic (exact) mass is 649 g/mol. The van der Waals surface area contributed by atoms with Gasteiger partial charge in [0, 0.05) is 16.7 Å². The maximum Gasteiger partial charge on any atom is 0.243 e. The second kappa shape index (κ2) is 11.3. The topological polar surface area (TPSA) is 38.7 Å². The van der Waals surface area contributed by atoms with Gasteiger partial charge in [0.05, 0.1) is 5.41 Å². The van der Waals surface area contributed by atoms with Crippen molar-refractivity contribution >= 4 is 17.6 Å². The standard InChI is InChI=1S/C47H32BN3/c1-3-16-39-41(4-2)48-42-26-14-12-22-34(42)35-23-15-25-40(43(35)48)47(39)37-24-13-11-21-33(37)36-29-32(27-28-38(36)47)46-50-44(30-17-7-5-8-18-30)49-45(51-46)31-19-9-6-10-20-31/h3-29H,1H2,2H3/b39-16?,41-4+. The van der Waals surface area contributed by atoms with E-state index in [2.05, 4.69) is 135 Å². The summed E-state index contributed by atoms with van der Waals surface area (Å²) in [6.45, 7) is 6.61. The number of hydrogen-bond acceptors (Lipinski definition) is 3. The van der Waals surface area contributed by atoms with Gasteiger partial charge >= 0.3 is 0 Å². The van der Waals surface area contributed by atoms with E-state index in [1.165, 1.54) is 60.9 Å². The van der Waals surface area contributed by atoms with Gasteiger partial charge in [0.25, 0.3) is 0 Å². The molecule has 3 nitrogen and oxygen atoms in total. The zero-order valence-electron chi connectivity index (χ0n) is 28.2. The van der Waals surface area contributed by atoms with E-state index in [-0.39, 0.29) is 6.71 Å². The molecule has 7 aromatic rings. The maximum atomic E-state index is 5.09. The number of rotatable bonds is 4. The Morgan fingerprint density at radius 3 is 1.78 bits per heavy atom. The van der Waals surface area contributed by atoms with E-state index >= 15 is 0 Å². The van der Waals surface area contributed by atoms with Crippen LogP contribution in [0.1, 0.15) is 23.6 Å². The first-order valence-electron chi connectivity index (χ1n) is 17.6. The minimum atomic E-state index is -0.520. The van der Waals surface area contributed by atoms with E-state index in [0.29, 0.717) is 17.5 Å². The third-order valence-electron chi connectivity index (χ3n) is 11.0. The van der Waals surface area contributed by atoms with Crippen LogP contribution in [0.4, 0.5) is 0 Å². The number of benzene rings is 6. The molecule has 1 aliphatic carbocycles. The van der Waals surface area contributed by atoms with Gasteiger partial charge in [0.15, 0.2) is 17.5 Å². The summed E-state index contributed by atoms with van der Waals surface area (Å²) in [7, 11) is 0. The SMILES string of the molecule is C=CC=C1/C(=C\C)B2c3ccccc3-c3cccc(c32)C12c1ccccc1-c1cc(-c3nc(-c4ccccc4)nc(-c4ccccc4)n3)ccc12. The molecule has 1 unspecified atom stereocenters. The summed E-state index contributed by atoms with van der Waals surface area (Å²) in [5.41, 5.74) is 16.7. The van der Waals surface area contributed by atoms with Gasteiger partial charge in [0.1, 0.15) is 0 Å². The molecule has 4 heteroatoms. The van der Waals surface area contributed by atoms with E-state index < -0.39 is 5.41 Å². The number of fused-ring (bicyclic) bond motifs is 9. The zero-order valence-corrected chi connectivity index (χ0v) is 28.2. The first kappa shape index (κ1) is 29.5. The van der Waals surface area contributed by atoms with Crippen molar-refractivity contribution in [2.45, 2.75) is 12.3 Å². The second-order valence-electron chi connectivity index (χ2n) is 13.4. The van der Waals surface area contributed by atoms with Gasteiger partial charge in [0.2, 0.25) is 6.71 Å². The highest BCUT2D eigenvalue weighted by Gasteiger charge is 2.56. The molecule has 0 saturated carbocycles. The Morgan fingerprint density at radius 2 is 1.10 bits per heavy atom. The number of allylic oxidation sites excluding steroid dienone is 5. The van der Waals surface area contributed by atoms with Crippen molar-refractivity contribution in [3.05, 3.63) is 198 Å². The molecule has 0 fully saturated rings. The molecular formula is C47H32BN3. The van der Waals surface area contributed by atoms with E-state index in [4.69, 9.17) is 15.0 Å². The van der Waals surface area contributed by atoms with Crippen LogP contribution < -0.4 is 10.9 Å². The van der Waals surface area contributed by atoms with Gasteiger partial charge in [-0.2, -0.15) is 0 Å². The normalized spacial score (nSPS) is 17.7. The summed E-state index contributed by atoms with van der Waals surface area (Å²) >= 11 is 0. The fraction of sp³-hybridized carbons (Fsp3) is 0.0426. The zero-order chi connectivity index (χ0) is 34.1. The Kier molecular flexibility index (Phi) is 6.56. The van der Waals surface area contributed by atoms with Crippen LogP contribution in [0.25, 0.3) is 56.4 Å². The van der Waals surface area contributed by atoms with E-state index in [9.17, 15) is 0 Å². The molecule has 2 aliphatic heterocycles. The van der Waals surface area contributed by atoms with E-state index in [1.54, 1.807) is 0 Å². The smallest absolute Gasteiger partial charge is 0.208 e. The second-order valence-corrected chi connectivity index (χ2v) is 13.4. The maximum absolute atomic E-state index is 5.09. The van der Waals surface area contributed by atoms with E-state index in [0.717, 1.165) is 16.7 Å². The minimum Gasteiger partial charge on any atom is -0.208 e. The van der Waals surface area contributed by atoms with Gasteiger partial charge in [-0.15, -0.1) is 0 Å². The summed E-state index contributed by atoms with van der Waals surface area (Å²) < 4.78 is 0. The van der Waals surface area contributed by atoms with Crippen LogP contribution in [-0.2, 0) is 5.41 Å². The lowest BCUT2D eigenvalue weighted by atomic mass is 9.30. The van der Waals surface area contributed by atoms with E-state index in [1.807, 2.05) is 42.5 Å². The summed E-state index contributed by atoms with van der Waals surface area (Å²) in [5, 5.41) is 0.